The number of nitriles is 3. The van der Waals surface area contributed by atoms with Gasteiger partial charge in [-0.25, -0.2) is 0 Å². The first-order valence-electron chi connectivity index (χ1n) is 9.84. The fourth-order valence-corrected chi connectivity index (χ4v) is 4.95. The van der Waals surface area contributed by atoms with E-state index in [1.807, 2.05) is 18.2 Å². The molecule has 2 bridgehead atoms. The van der Waals surface area contributed by atoms with Gasteiger partial charge in [-0.1, -0.05) is 30.3 Å². The standard InChI is InChI=1S/C24H20N4O4/c1-22-19(15-7-5-4-6-8-15)24(14-27,21(28)32-22)23(12-25,13-26)20(31-22)17-10-9-16(29-2)11-18(17)30-3/h4-11,19-20,28H,1-3H3. The van der Waals surface area contributed by atoms with Crippen LogP contribution in [0.25, 0.3) is 0 Å². The summed E-state index contributed by atoms with van der Waals surface area (Å²) in [5.41, 5.74) is -3.00. The maximum Gasteiger partial charge on any atom is 0.218 e. The Bertz CT molecular complexity index is 1200. The molecule has 2 aliphatic heterocycles. The Morgan fingerprint density at radius 2 is 1.66 bits per heavy atom. The lowest BCUT2D eigenvalue weighted by Crippen LogP contribution is -2.57. The molecule has 2 saturated heterocycles. The first-order valence-corrected chi connectivity index (χ1v) is 9.84. The first kappa shape index (κ1) is 21.2. The Balaban J connectivity index is 2.03. The summed E-state index contributed by atoms with van der Waals surface area (Å²) in [5.74, 6) is -1.98. The zero-order valence-corrected chi connectivity index (χ0v) is 17.7. The van der Waals surface area contributed by atoms with Crippen LogP contribution in [0.1, 0.15) is 30.1 Å². The van der Waals surface area contributed by atoms with Crippen molar-refractivity contribution in [3.8, 4) is 29.7 Å². The Morgan fingerprint density at radius 1 is 0.969 bits per heavy atom. The average Bonchev–Trinajstić information content (AvgIpc) is 3.01. The van der Waals surface area contributed by atoms with Gasteiger partial charge in [-0.15, -0.1) is 0 Å². The van der Waals surface area contributed by atoms with Gasteiger partial charge in [0, 0.05) is 18.6 Å². The van der Waals surface area contributed by atoms with Gasteiger partial charge in [-0.2, -0.15) is 15.8 Å². The lowest BCUT2D eigenvalue weighted by Gasteiger charge is -2.49. The zero-order valence-electron chi connectivity index (χ0n) is 17.7. The molecular weight excluding hydrogens is 408 g/mol. The smallest absolute Gasteiger partial charge is 0.218 e. The van der Waals surface area contributed by atoms with Crippen molar-refractivity contribution in [1.82, 2.24) is 0 Å². The van der Waals surface area contributed by atoms with Crippen LogP contribution < -0.4 is 9.47 Å². The minimum atomic E-state index is -2.10. The zero-order chi connectivity index (χ0) is 23.1. The molecule has 1 N–H and O–H groups in total. The number of hydrogen-bond acceptors (Lipinski definition) is 8. The van der Waals surface area contributed by atoms with Crippen LogP contribution >= 0.6 is 0 Å². The molecule has 2 fully saturated rings. The third-order valence-electron chi connectivity index (χ3n) is 6.37. The highest BCUT2D eigenvalue weighted by molar-refractivity contribution is 5.90. The van der Waals surface area contributed by atoms with E-state index in [1.165, 1.54) is 14.2 Å². The van der Waals surface area contributed by atoms with Gasteiger partial charge in [-0.3, -0.25) is 5.41 Å². The van der Waals surface area contributed by atoms with Crippen LogP contribution in [0, 0.1) is 50.2 Å². The van der Waals surface area contributed by atoms with E-state index in [2.05, 4.69) is 6.07 Å². The fraction of sp³-hybridized carbons (Fsp3) is 0.333. The van der Waals surface area contributed by atoms with E-state index in [4.69, 9.17) is 24.4 Å². The van der Waals surface area contributed by atoms with E-state index in [1.54, 1.807) is 49.4 Å². The van der Waals surface area contributed by atoms with Crippen molar-refractivity contribution in [2.24, 2.45) is 10.8 Å². The Kier molecular flexibility index (Phi) is 4.81. The number of benzene rings is 2. The van der Waals surface area contributed by atoms with Crippen molar-refractivity contribution in [1.29, 1.82) is 21.2 Å². The van der Waals surface area contributed by atoms with Crippen molar-refractivity contribution < 1.29 is 18.9 Å². The van der Waals surface area contributed by atoms with Crippen LogP contribution in [-0.2, 0) is 9.47 Å². The second kappa shape index (κ2) is 7.27. The molecule has 8 nitrogen and oxygen atoms in total. The van der Waals surface area contributed by atoms with Gasteiger partial charge in [0.1, 0.15) is 17.6 Å². The molecule has 0 aromatic heterocycles. The van der Waals surface area contributed by atoms with Crippen LogP contribution in [-0.4, -0.2) is 25.9 Å². The van der Waals surface area contributed by atoms with Gasteiger partial charge in [0.2, 0.25) is 17.1 Å². The van der Waals surface area contributed by atoms with E-state index in [-0.39, 0.29) is 0 Å². The summed E-state index contributed by atoms with van der Waals surface area (Å²) < 4.78 is 22.9. The minimum Gasteiger partial charge on any atom is -0.497 e. The van der Waals surface area contributed by atoms with Crippen LogP contribution in [0.5, 0.6) is 11.5 Å². The summed E-state index contributed by atoms with van der Waals surface area (Å²) in [7, 11) is 2.95. The molecule has 4 unspecified atom stereocenters. The lowest BCUT2D eigenvalue weighted by atomic mass is 9.52. The Hall–Kier alpha value is -4.06. The molecule has 4 atom stereocenters. The van der Waals surface area contributed by atoms with E-state index in [9.17, 15) is 15.8 Å². The molecule has 2 aromatic carbocycles. The third kappa shape index (κ3) is 2.46. The third-order valence-corrected chi connectivity index (χ3v) is 6.37. The predicted molar refractivity (Wildman–Crippen MR) is 111 cm³/mol. The largest absolute Gasteiger partial charge is 0.497 e. The van der Waals surface area contributed by atoms with Crippen LogP contribution in [0.4, 0.5) is 0 Å². The average molecular weight is 428 g/mol. The molecular formula is C24H20N4O4. The highest BCUT2D eigenvalue weighted by atomic mass is 16.7. The molecule has 2 heterocycles. The van der Waals surface area contributed by atoms with Gasteiger partial charge in [0.25, 0.3) is 0 Å². The van der Waals surface area contributed by atoms with E-state index in [0.29, 0.717) is 22.6 Å². The molecule has 0 spiro atoms. The number of hydrogen-bond donors (Lipinski definition) is 1. The summed E-state index contributed by atoms with van der Waals surface area (Å²) >= 11 is 0. The second-order valence-electron chi connectivity index (χ2n) is 7.85. The molecule has 2 aliphatic rings. The van der Waals surface area contributed by atoms with Crippen molar-refractivity contribution in [3.63, 3.8) is 0 Å². The van der Waals surface area contributed by atoms with Crippen molar-refractivity contribution >= 4 is 5.90 Å². The van der Waals surface area contributed by atoms with Crippen molar-refractivity contribution in [2.45, 2.75) is 24.7 Å². The highest BCUT2D eigenvalue weighted by Crippen LogP contribution is 2.69. The second-order valence-corrected chi connectivity index (χ2v) is 7.85. The van der Waals surface area contributed by atoms with Crippen LogP contribution in [0.3, 0.4) is 0 Å². The molecule has 8 heteroatoms. The van der Waals surface area contributed by atoms with E-state index >= 15 is 0 Å². The molecule has 4 rings (SSSR count). The summed E-state index contributed by atoms with van der Waals surface area (Å²) in [5, 5.41) is 39.9. The monoisotopic (exact) mass is 428 g/mol. The van der Waals surface area contributed by atoms with Crippen LogP contribution in [0.2, 0.25) is 0 Å². The number of ether oxygens (including phenoxy) is 4. The van der Waals surface area contributed by atoms with Gasteiger partial charge >= 0.3 is 0 Å². The minimum absolute atomic E-state index is 0.324. The van der Waals surface area contributed by atoms with Gasteiger partial charge in [-0.05, 0) is 17.7 Å². The topological polar surface area (TPSA) is 132 Å². The Morgan fingerprint density at radius 3 is 2.22 bits per heavy atom. The molecule has 2 aromatic rings. The fourth-order valence-electron chi connectivity index (χ4n) is 4.95. The van der Waals surface area contributed by atoms with Gasteiger partial charge in [0.15, 0.2) is 5.41 Å². The molecule has 0 aliphatic carbocycles. The van der Waals surface area contributed by atoms with E-state index in [0.717, 1.165) is 0 Å². The molecule has 0 saturated carbocycles. The maximum absolute atomic E-state index is 10.5. The molecule has 0 radical (unpaired) electrons. The summed E-state index contributed by atoms with van der Waals surface area (Å²) in [6, 6.07) is 20.1. The molecule has 32 heavy (non-hydrogen) atoms. The van der Waals surface area contributed by atoms with Crippen molar-refractivity contribution in [3.05, 3.63) is 59.7 Å². The van der Waals surface area contributed by atoms with E-state index < -0.39 is 34.5 Å². The van der Waals surface area contributed by atoms with Crippen LogP contribution in [0.15, 0.2) is 48.5 Å². The molecule has 0 amide bonds. The number of rotatable bonds is 4. The lowest BCUT2D eigenvalue weighted by molar-refractivity contribution is -0.253. The van der Waals surface area contributed by atoms with Gasteiger partial charge < -0.3 is 18.9 Å². The highest BCUT2D eigenvalue weighted by Gasteiger charge is 2.80. The quantitative estimate of drug-likeness (QED) is 0.782. The van der Waals surface area contributed by atoms with Gasteiger partial charge in [0.05, 0.1) is 38.3 Å². The number of nitrogens with one attached hydrogen (secondary N) is 1. The Labute approximate surface area is 185 Å². The first-order chi connectivity index (χ1) is 15.4. The van der Waals surface area contributed by atoms with Crippen molar-refractivity contribution in [2.75, 3.05) is 14.2 Å². The summed E-state index contributed by atoms with van der Waals surface area (Å²) in [4.78, 5) is 0. The summed E-state index contributed by atoms with van der Waals surface area (Å²) in [6.45, 7) is 1.62. The predicted octanol–water partition coefficient (Wildman–Crippen LogP) is 3.83. The SMILES string of the molecule is COc1ccc(C2OC3(C)OC(=N)C(C#N)(C3c3ccccc3)C2(C#N)C#N)c(OC)c1. The maximum atomic E-state index is 10.5. The summed E-state index contributed by atoms with van der Waals surface area (Å²) in [6.07, 6.45) is -1.23. The number of methoxy groups -OCH3 is 2. The number of fused-ring (bicyclic) bond motifs is 2. The number of nitrogens with zero attached hydrogens (tertiary/aromatic N) is 3. The normalized spacial score (nSPS) is 29.7. The molecule has 160 valence electrons.